The Bertz CT molecular complexity index is 391. The van der Waals surface area contributed by atoms with Crippen LogP contribution in [0.25, 0.3) is 0 Å². The molecule has 0 aliphatic heterocycles. The zero-order valence-electron chi connectivity index (χ0n) is 11.9. The SMILES string of the molecule is CC12CCC(C1)C(C)(C)C2NC(=O)CSCC(=O)O. The zero-order valence-corrected chi connectivity index (χ0v) is 12.7. The number of carboxylic acid groups (broad SMARTS) is 1. The summed E-state index contributed by atoms with van der Waals surface area (Å²) in [5, 5.41) is 11.7. The van der Waals surface area contributed by atoms with Gasteiger partial charge in [0, 0.05) is 6.04 Å². The first-order valence-corrected chi connectivity index (χ1v) is 8.00. The summed E-state index contributed by atoms with van der Waals surface area (Å²) in [6, 6.07) is 0.219. The molecule has 4 nitrogen and oxygen atoms in total. The van der Waals surface area contributed by atoms with Crippen LogP contribution in [0.15, 0.2) is 0 Å². The first kappa shape index (κ1) is 14.7. The lowest BCUT2D eigenvalue weighted by molar-refractivity contribution is -0.133. The topological polar surface area (TPSA) is 66.4 Å². The van der Waals surface area contributed by atoms with Crippen molar-refractivity contribution < 1.29 is 14.7 Å². The molecule has 3 atom stereocenters. The number of carboxylic acids is 1. The second kappa shape index (κ2) is 5.00. The van der Waals surface area contributed by atoms with Crippen molar-refractivity contribution in [3.63, 3.8) is 0 Å². The highest BCUT2D eigenvalue weighted by Gasteiger charge is 2.59. The second-order valence-electron chi connectivity index (χ2n) is 6.80. The van der Waals surface area contributed by atoms with Crippen LogP contribution in [0.4, 0.5) is 0 Å². The van der Waals surface area contributed by atoms with Gasteiger partial charge in [-0.2, -0.15) is 0 Å². The van der Waals surface area contributed by atoms with Crippen LogP contribution in [0.2, 0.25) is 0 Å². The molecule has 2 aliphatic carbocycles. The van der Waals surface area contributed by atoms with Gasteiger partial charge in [0.2, 0.25) is 5.91 Å². The summed E-state index contributed by atoms with van der Waals surface area (Å²) in [6.45, 7) is 6.77. The monoisotopic (exact) mass is 285 g/mol. The Morgan fingerprint density at radius 2 is 2.00 bits per heavy atom. The maximum absolute atomic E-state index is 12.0. The molecule has 108 valence electrons. The Kier molecular flexibility index (Phi) is 3.87. The number of aliphatic carboxylic acids is 1. The van der Waals surface area contributed by atoms with Crippen LogP contribution in [0.3, 0.4) is 0 Å². The van der Waals surface area contributed by atoms with E-state index in [2.05, 4.69) is 26.1 Å². The lowest BCUT2D eigenvalue weighted by Crippen LogP contribution is -2.52. The molecule has 0 heterocycles. The largest absolute Gasteiger partial charge is 0.481 e. The summed E-state index contributed by atoms with van der Waals surface area (Å²) in [6.07, 6.45) is 3.66. The van der Waals surface area contributed by atoms with E-state index in [1.807, 2.05) is 0 Å². The first-order valence-electron chi connectivity index (χ1n) is 6.84. The third kappa shape index (κ3) is 2.76. The summed E-state index contributed by atoms with van der Waals surface area (Å²) in [4.78, 5) is 22.4. The van der Waals surface area contributed by atoms with Crippen molar-refractivity contribution in [1.82, 2.24) is 5.32 Å². The van der Waals surface area contributed by atoms with Crippen molar-refractivity contribution in [1.29, 1.82) is 0 Å². The van der Waals surface area contributed by atoms with E-state index in [-0.39, 0.29) is 34.3 Å². The number of hydrogen-bond acceptors (Lipinski definition) is 3. The molecule has 2 aliphatic rings. The minimum absolute atomic E-state index is 0.0125. The average Bonchev–Trinajstić information content (AvgIpc) is 2.75. The van der Waals surface area contributed by atoms with E-state index in [0.29, 0.717) is 5.92 Å². The van der Waals surface area contributed by atoms with Gasteiger partial charge >= 0.3 is 5.97 Å². The van der Waals surface area contributed by atoms with Gasteiger partial charge in [-0.15, -0.1) is 11.8 Å². The van der Waals surface area contributed by atoms with Crippen molar-refractivity contribution >= 4 is 23.6 Å². The van der Waals surface area contributed by atoms with E-state index in [1.54, 1.807) is 0 Å². The van der Waals surface area contributed by atoms with Gasteiger partial charge in [0.1, 0.15) is 0 Å². The Morgan fingerprint density at radius 3 is 2.53 bits per heavy atom. The molecular formula is C14H23NO3S. The quantitative estimate of drug-likeness (QED) is 0.812. The number of fused-ring (bicyclic) bond motifs is 2. The van der Waals surface area contributed by atoms with Crippen molar-refractivity contribution in [3.8, 4) is 0 Å². The van der Waals surface area contributed by atoms with Crippen LogP contribution < -0.4 is 5.32 Å². The molecule has 2 saturated carbocycles. The van der Waals surface area contributed by atoms with E-state index in [0.717, 1.165) is 11.8 Å². The Balaban J connectivity index is 1.91. The molecule has 1 amide bonds. The number of amides is 1. The lowest BCUT2D eigenvalue weighted by atomic mass is 9.68. The number of nitrogens with one attached hydrogen (secondary N) is 1. The van der Waals surface area contributed by atoms with Crippen LogP contribution in [0.5, 0.6) is 0 Å². The Morgan fingerprint density at radius 1 is 1.32 bits per heavy atom. The maximum Gasteiger partial charge on any atom is 0.313 e. The van der Waals surface area contributed by atoms with E-state index in [4.69, 9.17) is 5.11 Å². The third-order valence-electron chi connectivity index (χ3n) is 5.03. The highest BCUT2D eigenvalue weighted by atomic mass is 32.2. The summed E-state index contributed by atoms with van der Waals surface area (Å²) in [7, 11) is 0. The predicted molar refractivity (Wildman–Crippen MR) is 76.1 cm³/mol. The minimum Gasteiger partial charge on any atom is -0.481 e. The normalized spacial score (nSPS) is 35.3. The molecule has 0 aromatic carbocycles. The smallest absolute Gasteiger partial charge is 0.313 e. The molecule has 0 saturated heterocycles. The van der Waals surface area contributed by atoms with Crippen LogP contribution in [-0.2, 0) is 9.59 Å². The van der Waals surface area contributed by atoms with Crippen molar-refractivity contribution in [2.45, 2.75) is 46.1 Å². The van der Waals surface area contributed by atoms with E-state index < -0.39 is 5.97 Å². The molecule has 19 heavy (non-hydrogen) atoms. The number of rotatable bonds is 5. The Labute approximate surface area is 118 Å². The van der Waals surface area contributed by atoms with Gasteiger partial charge in [0.15, 0.2) is 0 Å². The fourth-order valence-electron chi connectivity index (χ4n) is 4.10. The lowest BCUT2D eigenvalue weighted by Gasteiger charge is -2.43. The van der Waals surface area contributed by atoms with Crippen molar-refractivity contribution in [3.05, 3.63) is 0 Å². The van der Waals surface area contributed by atoms with Gasteiger partial charge in [0.25, 0.3) is 0 Å². The highest BCUT2D eigenvalue weighted by Crippen LogP contribution is 2.62. The van der Waals surface area contributed by atoms with Gasteiger partial charge in [-0.3, -0.25) is 9.59 Å². The maximum atomic E-state index is 12.0. The number of carbonyl (C=O) groups is 2. The zero-order chi connectivity index (χ0) is 14.3. The molecular weight excluding hydrogens is 262 g/mol. The molecule has 2 N–H and O–H groups in total. The van der Waals surface area contributed by atoms with Crippen molar-refractivity contribution in [2.24, 2.45) is 16.7 Å². The number of hydrogen-bond donors (Lipinski definition) is 2. The third-order valence-corrected chi connectivity index (χ3v) is 5.95. The first-order chi connectivity index (χ1) is 8.75. The molecule has 3 unspecified atom stereocenters. The van der Waals surface area contributed by atoms with E-state index in [9.17, 15) is 9.59 Å². The minimum atomic E-state index is -0.870. The van der Waals surface area contributed by atoms with Gasteiger partial charge in [-0.25, -0.2) is 0 Å². The molecule has 0 spiro atoms. The molecule has 2 bridgehead atoms. The summed E-state index contributed by atoms with van der Waals surface area (Å²) in [5.41, 5.74) is 0.376. The molecule has 2 rings (SSSR count). The van der Waals surface area contributed by atoms with E-state index in [1.165, 1.54) is 19.3 Å². The average molecular weight is 285 g/mol. The van der Waals surface area contributed by atoms with Crippen LogP contribution in [-0.4, -0.2) is 34.5 Å². The molecule has 0 aromatic rings. The summed E-state index contributed by atoms with van der Waals surface area (Å²) >= 11 is 1.16. The fraction of sp³-hybridized carbons (Fsp3) is 0.857. The van der Waals surface area contributed by atoms with Gasteiger partial charge in [-0.05, 0) is 36.0 Å². The van der Waals surface area contributed by atoms with Gasteiger partial charge in [0.05, 0.1) is 11.5 Å². The predicted octanol–water partition coefficient (Wildman–Crippen LogP) is 2.14. The van der Waals surface area contributed by atoms with Gasteiger partial charge in [-0.1, -0.05) is 20.8 Å². The Hall–Kier alpha value is -0.710. The summed E-state index contributed by atoms with van der Waals surface area (Å²) < 4.78 is 0. The number of thioether (sulfide) groups is 1. The van der Waals surface area contributed by atoms with Crippen LogP contribution >= 0.6 is 11.8 Å². The van der Waals surface area contributed by atoms with Crippen LogP contribution in [0.1, 0.15) is 40.0 Å². The standard InChI is InChI=1S/C14H23NO3S/c1-13(2)9-4-5-14(3,6-9)12(13)15-10(16)7-19-8-11(17)18/h9,12H,4-8H2,1-3H3,(H,15,16)(H,17,18). The fourth-order valence-corrected chi connectivity index (χ4v) is 4.64. The molecule has 5 heteroatoms. The highest BCUT2D eigenvalue weighted by molar-refractivity contribution is 8.00. The van der Waals surface area contributed by atoms with Gasteiger partial charge < -0.3 is 10.4 Å². The second-order valence-corrected chi connectivity index (χ2v) is 7.79. The number of carbonyl (C=O) groups excluding carboxylic acids is 1. The van der Waals surface area contributed by atoms with Crippen LogP contribution in [0, 0.1) is 16.7 Å². The van der Waals surface area contributed by atoms with Crippen molar-refractivity contribution in [2.75, 3.05) is 11.5 Å². The summed E-state index contributed by atoms with van der Waals surface area (Å²) in [5.74, 6) is 0.0265. The molecule has 0 aromatic heterocycles. The van der Waals surface area contributed by atoms with E-state index >= 15 is 0 Å². The molecule has 0 radical (unpaired) electrons. The molecule has 2 fully saturated rings.